The van der Waals surface area contributed by atoms with Crippen molar-refractivity contribution in [2.75, 3.05) is 0 Å². The molecule has 1 aliphatic rings. The number of hydrogen-bond donors (Lipinski definition) is 0. The molecule has 1 aliphatic heterocycles. The van der Waals surface area contributed by atoms with Gasteiger partial charge >= 0.3 is 45.4 Å². The van der Waals surface area contributed by atoms with Gasteiger partial charge in [0.05, 0.1) is 0 Å². The minimum atomic E-state index is 0.693. The van der Waals surface area contributed by atoms with Gasteiger partial charge in [0.2, 0.25) is 0 Å². The Hall–Kier alpha value is -0.128. The molecule has 0 fully saturated rings. The molecule has 0 saturated heterocycles. The zero-order valence-electron chi connectivity index (χ0n) is 2.87. The Bertz CT molecular complexity index is 111. The van der Waals surface area contributed by atoms with Crippen LogP contribution >= 0.6 is 0 Å². The monoisotopic (exact) mass is 172 g/mol. The van der Waals surface area contributed by atoms with Crippen LogP contribution in [0.2, 0.25) is 0 Å². The third-order valence-corrected chi connectivity index (χ3v) is 0.814. The van der Waals surface area contributed by atoms with Crippen LogP contribution in [-0.4, -0.2) is 16.7 Å². The summed E-state index contributed by atoms with van der Waals surface area (Å²) < 4.78 is 0.693. The van der Waals surface area contributed by atoms with Crippen molar-refractivity contribution in [3.8, 4) is 0 Å². The van der Waals surface area contributed by atoms with Gasteiger partial charge < -0.3 is 0 Å². The molecule has 0 unspecified atom stereocenters. The molecule has 0 aliphatic carbocycles. The maximum atomic E-state index is 3.74. The Morgan fingerprint density at radius 3 is 2.00 bits per heavy atom. The third kappa shape index (κ3) is 0.676. The molecule has 0 aromatic rings. The first-order valence-corrected chi connectivity index (χ1v) is 2.23. The Morgan fingerprint density at radius 1 is 1.33 bits per heavy atom. The summed E-state index contributed by atoms with van der Waals surface area (Å²) in [7, 11) is 0. The normalized spacial score (nSPS) is 17.3. The summed E-state index contributed by atoms with van der Waals surface area (Å²) in [5.41, 5.74) is 0. The van der Waals surface area contributed by atoms with Crippen molar-refractivity contribution in [3.05, 3.63) is 0 Å². The van der Waals surface area contributed by atoms with Gasteiger partial charge in [-0.05, 0) is 0 Å². The average molecular weight is 172 g/mol. The van der Waals surface area contributed by atoms with E-state index in [0.29, 0.717) is 4.23 Å². The van der Waals surface area contributed by atoms with Gasteiger partial charge in [0.15, 0.2) is 0 Å². The van der Waals surface area contributed by atoms with Crippen molar-refractivity contribution in [1.82, 2.24) is 0 Å². The van der Waals surface area contributed by atoms with Crippen molar-refractivity contribution in [1.29, 1.82) is 0 Å². The fraction of sp³-hybridized carbons (Fsp3) is 0. The van der Waals surface area contributed by atoms with Crippen molar-refractivity contribution in [3.63, 3.8) is 0 Å². The topological polar surface area (TPSA) is 24.7 Å². The summed E-state index contributed by atoms with van der Waals surface area (Å²) >= 11 is 2.82. The predicted octanol–water partition coefficient (Wildman–Crippen LogP) is -0.224. The standard InChI is InChI=1S/C3H2N2.Pd/c1-2-5-3-4-1;/h1-2H;. The van der Waals surface area contributed by atoms with Crippen LogP contribution in [0.1, 0.15) is 0 Å². The van der Waals surface area contributed by atoms with Crippen LogP contribution < -0.4 is 0 Å². The van der Waals surface area contributed by atoms with Gasteiger partial charge in [-0.15, -0.1) is 0 Å². The SMILES string of the molecule is [Pd]=[C]1N=CC=N1. The zero-order chi connectivity index (χ0) is 4.41. The van der Waals surface area contributed by atoms with Crippen LogP contribution in [0.3, 0.4) is 0 Å². The van der Waals surface area contributed by atoms with E-state index < -0.39 is 0 Å². The Labute approximate surface area is 45.9 Å². The fourth-order valence-electron chi connectivity index (χ4n) is 0.214. The first kappa shape index (κ1) is 4.04. The molecule has 0 N–H and O–H groups in total. The van der Waals surface area contributed by atoms with Gasteiger partial charge in [-0.2, -0.15) is 0 Å². The van der Waals surface area contributed by atoms with E-state index in [0.717, 1.165) is 0 Å². The van der Waals surface area contributed by atoms with Crippen LogP contribution in [0.15, 0.2) is 9.98 Å². The van der Waals surface area contributed by atoms with Gasteiger partial charge in [-0.3, -0.25) is 0 Å². The molecule has 1 rings (SSSR count). The molecule has 0 spiro atoms. The van der Waals surface area contributed by atoms with E-state index in [1.54, 1.807) is 12.4 Å². The van der Waals surface area contributed by atoms with Gasteiger partial charge in [-0.25, -0.2) is 0 Å². The van der Waals surface area contributed by atoms with E-state index in [2.05, 4.69) is 28.7 Å². The Kier molecular flexibility index (Phi) is 1.04. The summed E-state index contributed by atoms with van der Waals surface area (Å²) in [4.78, 5) is 7.48. The molecule has 1 heterocycles. The van der Waals surface area contributed by atoms with Crippen LogP contribution in [0, 0.1) is 0 Å². The molecule has 0 aromatic heterocycles. The minimum absolute atomic E-state index is 0.693. The quantitative estimate of drug-likeness (QED) is 0.451. The summed E-state index contributed by atoms with van der Waals surface area (Å²) in [5.74, 6) is 0. The first-order chi connectivity index (χ1) is 2.89. The van der Waals surface area contributed by atoms with E-state index in [4.69, 9.17) is 0 Å². The number of hydrogen-bond acceptors (Lipinski definition) is 2. The molecule has 34 valence electrons. The number of aliphatic imine (C=N–C) groups is 2. The third-order valence-electron chi connectivity index (χ3n) is 0.413. The van der Waals surface area contributed by atoms with Crippen molar-refractivity contribution >= 4 is 16.7 Å². The summed E-state index contributed by atoms with van der Waals surface area (Å²) in [5, 5.41) is 0. The summed E-state index contributed by atoms with van der Waals surface area (Å²) in [6, 6.07) is 0. The molecule has 0 saturated carbocycles. The van der Waals surface area contributed by atoms with Crippen molar-refractivity contribution in [2.24, 2.45) is 9.98 Å². The molecule has 0 aromatic carbocycles. The van der Waals surface area contributed by atoms with Crippen LogP contribution in [0.25, 0.3) is 0 Å². The fourth-order valence-corrected chi connectivity index (χ4v) is 0.446. The zero-order valence-corrected chi connectivity index (χ0v) is 4.42. The molecular weight excluding hydrogens is 170 g/mol. The van der Waals surface area contributed by atoms with E-state index >= 15 is 0 Å². The van der Waals surface area contributed by atoms with E-state index in [1.807, 2.05) is 0 Å². The van der Waals surface area contributed by atoms with Crippen LogP contribution in [-0.2, 0) is 18.7 Å². The van der Waals surface area contributed by atoms with E-state index in [1.165, 1.54) is 0 Å². The van der Waals surface area contributed by atoms with Crippen LogP contribution in [0.5, 0.6) is 0 Å². The molecule has 0 atom stereocenters. The second-order valence-corrected chi connectivity index (χ2v) is 1.49. The van der Waals surface area contributed by atoms with Gasteiger partial charge in [0, 0.05) is 0 Å². The molecule has 0 bridgehead atoms. The van der Waals surface area contributed by atoms with Crippen LogP contribution in [0.4, 0.5) is 0 Å². The predicted molar refractivity (Wildman–Crippen MR) is 22.0 cm³/mol. The average Bonchev–Trinajstić information content (AvgIpc) is 1.86. The first-order valence-electron chi connectivity index (χ1n) is 1.46. The molecule has 2 nitrogen and oxygen atoms in total. The summed E-state index contributed by atoms with van der Waals surface area (Å²) in [6.07, 6.45) is 3.28. The van der Waals surface area contributed by atoms with Crippen molar-refractivity contribution in [2.45, 2.75) is 0 Å². The van der Waals surface area contributed by atoms with E-state index in [-0.39, 0.29) is 0 Å². The van der Waals surface area contributed by atoms with Gasteiger partial charge in [-0.1, -0.05) is 0 Å². The second-order valence-electron chi connectivity index (χ2n) is 0.798. The molecule has 3 heteroatoms. The molecular formula is C3H2N2Pd. The second kappa shape index (κ2) is 1.55. The summed E-state index contributed by atoms with van der Waals surface area (Å²) in [6.45, 7) is 0. The maximum absolute atomic E-state index is 3.74. The molecule has 6 heavy (non-hydrogen) atoms. The number of rotatable bonds is 0. The van der Waals surface area contributed by atoms with Gasteiger partial charge in [0.25, 0.3) is 0 Å². The number of nitrogens with zero attached hydrogens (tertiary/aromatic N) is 2. The van der Waals surface area contributed by atoms with Crippen molar-refractivity contribution < 1.29 is 18.7 Å². The molecule has 0 radical (unpaired) electrons. The van der Waals surface area contributed by atoms with Gasteiger partial charge in [0.1, 0.15) is 0 Å². The Balaban J connectivity index is 2.86. The Morgan fingerprint density at radius 2 is 1.83 bits per heavy atom. The molecule has 0 amide bonds. The van der Waals surface area contributed by atoms with E-state index in [9.17, 15) is 0 Å².